The minimum Gasteiger partial charge on any atom is -0.507 e. The van der Waals surface area contributed by atoms with Crippen LogP contribution in [0.4, 0.5) is 0 Å². The summed E-state index contributed by atoms with van der Waals surface area (Å²) in [5.41, 5.74) is 12.6. The lowest BCUT2D eigenvalue weighted by Gasteiger charge is -2.37. The Kier molecular flexibility index (Phi) is 16.2. The van der Waals surface area contributed by atoms with Gasteiger partial charge in [0, 0.05) is 41.2 Å². The summed E-state index contributed by atoms with van der Waals surface area (Å²) < 4.78 is 0. The van der Waals surface area contributed by atoms with Crippen LogP contribution in [0.3, 0.4) is 0 Å². The molecule has 2 heterocycles. The molecule has 0 aromatic heterocycles. The largest absolute Gasteiger partial charge is 0.507 e. The zero-order valence-corrected chi connectivity index (χ0v) is 38.7. The first-order valence-corrected chi connectivity index (χ1v) is 22.6. The molecule has 68 heavy (non-hydrogen) atoms. The normalized spacial score (nSPS) is 20.8. The van der Waals surface area contributed by atoms with Gasteiger partial charge in [0.25, 0.3) is 5.91 Å². The summed E-state index contributed by atoms with van der Waals surface area (Å²) in [4.78, 5) is 97.9. The third-order valence-electron chi connectivity index (χ3n) is 12.4. The first kappa shape index (κ1) is 50.6. The van der Waals surface area contributed by atoms with Crippen molar-refractivity contribution in [1.29, 1.82) is 0 Å². The molecule has 6 amide bonds. The molecule has 4 aromatic carbocycles. The predicted octanol–water partition coefficient (Wildman–Crippen LogP) is 2.05. The van der Waals surface area contributed by atoms with E-state index >= 15 is 0 Å². The van der Waals surface area contributed by atoms with Crippen molar-refractivity contribution in [3.63, 3.8) is 0 Å². The number of amides is 6. The third-order valence-corrected chi connectivity index (χ3v) is 12.6. The van der Waals surface area contributed by atoms with Crippen LogP contribution < -0.4 is 32.7 Å². The van der Waals surface area contributed by atoms with Crippen LogP contribution in [0.2, 0.25) is 5.02 Å². The number of phenolic OH excluding ortho intramolecular Hbond substituents is 2. The summed E-state index contributed by atoms with van der Waals surface area (Å²) in [5.74, 6) is -5.00. The number of nitrogens with one attached hydrogen (secondary N) is 4. The number of likely N-dealkylation sites (N-methyl/N-ethyl adjacent to an activating group) is 1. The number of nitrogens with zero attached hydrogens (tertiary/aromatic N) is 2. The van der Waals surface area contributed by atoms with Gasteiger partial charge in [-0.1, -0.05) is 48.0 Å². The predicted molar refractivity (Wildman–Crippen MR) is 253 cm³/mol. The number of hydrogen-bond donors (Lipinski definition) is 9. The van der Waals surface area contributed by atoms with Gasteiger partial charge < -0.3 is 57.7 Å². The molecule has 1 saturated heterocycles. The number of hydrogen-bond acceptors (Lipinski definition) is 12. The molecular formula is C49H57ClN8O10. The fourth-order valence-corrected chi connectivity index (χ4v) is 8.87. The number of aromatic hydroxyl groups is 2. The molecule has 360 valence electrons. The number of halogens is 1. The summed E-state index contributed by atoms with van der Waals surface area (Å²) in [6, 6.07) is 16.3. The van der Waals surface area contributed by atoms with Crippen LogP contribution in [0, 0.1) is 0 Å². The van der Waals surface area contributed by atoms with Crippen LogP contribution in [0.15, 0.2) is 84.9 Å². The number of aliphatic hydroxyl groups is 1. The van der Waals surface area contributed by atoms with E-state index in [1.165, 1.54) is 55.1 Å². The fourth-order valence-electron chi connectivity index (χ4n) is 8.74. The van der Waals surface area contributed by atoms with Gasteiger partial charge in [0.05, 0.1) is 6.10 Å². The van der Waals surface area contributed by atoms with Crippen molar-refractivity contribution in [1.82, 2.24) is 31.1 Å². The number of rotatable bonds is 15. The Morgan fingerprint density at radius 2 is 1.56 bits per heavy atom. The number of nitrogens with two attached hydrogens (primary N) is 2. The van der Waals surface area contributed by atoms with Gasteiger partial charge in [-0.05, 0) is 124 Å². The Hall–Kier alpha value is -6.86. The van der Waals surface area contributed by atoms with Crippen LogP contribution in [-0.4, -0.2) is 129 Å². The number of phenols is 2. The molecule has 2 aliphatic rings. The summed E-state index contributed by atoms with van der Waals surface area (Å²) >= 11 is 6.06. The molecule has 0 saturated carbocycles. The lowest BCUT2D eigenvalue weighted by atomic mass is 9.90. The second-order valence-corrected chi connectivity index (χ2v) is 17.9. The number of unbranched alkanes of at least 4 members (excludes halogenated alkanes) is 1. The van der Waals surface area contributed by atoms with E-state index in [0.717, 1.165) is 16.0 Å². The first-order valence-electron chi connectivity index (χ1n) is 22.2. The molecule has 0 radical (unpaired) electrons. The maximum atomic E-state index is 14.6. The van der Waals surface area contributed by atoms with Crippen LogP contribution in [0.25, 0.3) is 22.3 Å². The van der Waals surface area contributed by atoms with Crippen LogP contribution in [0.1, 0.15) is 67.1 Å². The highest BCUT2D eigenvalue weighted by molar-refractivity contribution is 6.30. The lowest BCUT2D eigenvalue weighted by Crippen LogP contribution is -2.59. The number of carbonyl (C=O) groups excluding carboxylic acids is 7. The van der Waals surface area contributed by atoms with Crippen LogP contribution >= 0.6 is 11.6 Å². The molecule has 18 nitrogen and oxygen atoms in total. The van der Waals surface area contributed by atoms with Gasteiger partial charge in [-0.2, -0.15) is 0 Å². The monoisotopic (exact) mass is 952 g/mol. The van der Waals surface area contributed by atoms with E-state index in [-0.39, 0.29) is 66.1 Å². The molecule has 11 N–H and O–H groups in total. The number of aliphatic hydroxyl groups excluding tert-OH is 1. The molecular weight excluding hydrogens is 896 g/mol. The highest BCUT2D eigenvalue weighted by atomic mass is 35.5. The maximum Gasteiger partial charge on any atom is 0.252 e. The fraction of sp³-hybridized carbons (Fsp3) is 0.367. The molecule has 0 unspecified atom stereocenters. The number of aldehydes is 1. The second kappa shape index (κ2) is 21.8. The SMILES string of the molecule is C[C@@H]1NC(=O)[C@@H](N(C)C[C@@](C=O)(CCCCN)NC(=O)c2ccc(-c3ccc(Cl)cc3)cc2)c2ccc(O)c(c2)-c2cc(ccc2O)C[C@@H](C(=O)N[C@@H](C)C(=O)N2CC[C@H](O)[C@H]2C(N)=O)NC1=O. The third kappa shape index (κ3) is 11.6. The van der Waals surface area contributed by atoms with Gasteiger partial charge in [0.15, 0.2) is 0 Å². The maximum absolute atomic E-state index is 14.6. The van der Waals surface area contributed by atoms with Crippen molar-refractivity contribution >= 4 is 53.3 Å². The Morgan fingerprint density at radius 1 is 0.926 bits per heavy atom. The molecule has 0 spiro atoms. The number of benzene rings is 4. The van der Waals surface area contributed by atoms with E-state index < -0.39 is 77.3 Å². The topological polar surface area (TPSA) is 287 Å². The Balaban J connectivity index is 1.31. The molecule has 1 fully saturated rings. The van der Waals surface area contributed by atoms with E-state index in [1.807, 2.05) is 12.1 Å². The van der Waals surface area contributed by atoms with E-state index in [1.54, 1.807) is 43.4 Å². The van der Waals surface area contributed by atoms with Crippen molar-refractivity contribution in [2.45, 2.75) is 87.8 Å². The Morgan fingerprint density at radius 3 is 2.19 bits per heavy atom. The minimum atomic E-state index is -1.57. The summed E-state index contributed by atoms with van der Waals surface area (Å²) in [6.45, 7) is 2.90. The average molecular weight is 953 g/mol. The molecule has 4 aromatic rings. The van der Waals surface area contributed by atoms with Crippen molar-refractivity contribution in [3.8, 4) is 33.8 Å². The van der Waals surface area contributed by atoms with E-state index in [9.17, 15) is 48.9 Å². The van der Waals surface area contributed by atoms with Crippen molar-refractivity contribution in [3.05, 3.63) is 107 Å². The highest BCUT2D eigenvalue weighted by Crippen LogP contribution is 2.39. The summed E-state index contributed by atoms with van der Waals surface area (Å²) in [6.07, 6.45) is 0.477. The van der Waals surface area contributed by atoms with Gasteiger partial charge in [-0.15, -0.1) is 0 Å². The van der Waals surface area contributed by atoms with Crippen LogP contribution in [-0.2, 0) is 35.2 Å². The van der Waals surface area contributed by atoms with E-state index in [0.29, 0.717) is 36.3 Å². The van der Waals surface area contributed by atoms with Crippen molar-refractivity contribution in [2.24, 2.45) is 11.5 Å². The van der Waals surface area contributed by atoms with Crippen molar-refractivity contribution in [2.75, 3.05) is 26.7 Å². The molecule has 7 atom stereocenters. The number of carbonyl (C=O) groups is 7. The smallest absolute Gasteiger partial charge is 0.252 e. The summed E-state index contributed by atoms with van der Waals surface area (Å²) in [7, 11) is 1.56. The highest BCUT2D eigenvalue weighted by Gasteiger charge is 2.42. The molecule has 6 rings (SSSR count). The minimum absolute atomic E-state index is 0.0194. The molecule has 2 aliphatic heterocycles. The zero-order valence-electron chi connectivity index (χ0n) is 37.9. The first-order chi connectivity index (χ1) is 32.3. The Labute approximate surface area is 398 Å². The zero-order chi connectivity index (χ0) is 49.4. The number of fused-ring (bicyclic) bond motifs is 5. The summed E-state index contributed by atoms with van der Waals surface area (Å²) in [5, 5.41) is 44.2. The molecule has 19 heteroatoms. The molecule has 0 aliphatic carbocycles. The standard InChI is InChI=1S/C49H57ClN8O10/c1-27-44(64)55-37(46(66)54-28(2)48(68)58-21-18-40(62)42(58)43(52)63)23-29-6-16-38(60)35(22-29)36-24-33(13-17-39(36)61)41(47(67)53-27)57(3)25-49(26-59,19-4-5-20-51)56-45(65)32-9-7-30(8-10-32)31-11-14-34(50)15-12-31/h6-17,22,24,26-28,37,40-42,60-62H,4-5,18-21,23,25,51H2,1-3H3,(H2,52,63)(H,53,67)(H,54,66)(H,55,64)(H,56,65)/t27-,28-,37-,40-,41-,42-,49+/m0/s1. The van der Waals surface area contributed by atoms with E-state index in [2.05, 4.69) is 21.3 Å². The van der Waals surface area contributed by atoms with Gasteiger partial charge in [-0.3, -0.25) is 33.7 Å². The Bertz CT molecular complexity index is 2540. The van der Waals surface area contributed by atoms with Gasteiger partial charge in [-0.25, -0.2) is 0 Å². The average Bonchev–Trinajstić information content (AvgIpc) is 3.71. The van der Waals surface area contributed by atoms with Crippen molar-refractivity contribution < 1.29 is 48.9 Å². The van der Waals surface area contributed by atoms with E-state index in [4.69, 9.17) is 23.1 Å². The van der Waals surface area contributed by atoms with Crippen LogP contribution in [0.5, 0.6) is 11.5 Å². The lowest BCUT2D eigenvalue weighted by molar-refractivity contribution is -0.142. The number of primary amides is 1. The van der Waals surface area contributed by atoms with Gasteiger partial charge in [0.1, 0.15) is 53.5 Å². The molecule has 4 bridgehead atoms. The van der Waals surface area contributed by atoms with Gasteiger partial charge >= 0.3 is 0 Å². The number of likely N-dealkylation sites (tertiary alicyclic amines) is 1. The van der Waals surface area contributed by atoms with Gasteiger partial charge in [0.2, 0.25) is 29.5 Å². The quantitative estimate of drug-likeness (QED) is 0.0612. The second-order valence-electron chi connectivity index (χ2n) is 17.5.